The third-order valence-electron chi connectivity index (χ3n) is 5.38. The number of pyridine rings is 1. The van der Waals surface area contributed by atoms with Crippen molar-refractivity contribution in [2.45, 2.75) is 58.0 Å². The van der Waals surface area contributed by atoms with Gasteiger partial charge in [-0.15, -0.1) is 0 Å². The Morgan fingerprint density at radius 2 is 2.20 bits per heavy atom. The van der Waals surface area contributed by atoms with Gasteiger partial charge in [0.05, 0.1) is 11.9 Å². The standard InChI is InChI=1S/C17H23N3/c1-13-6-5-9-20-14(12-19-16(13)20)11-18-15-10-17(15)7-3-2-4-8-17/h5-6,9,12,15,18H,2-4,7-8,10-11H2,1H3. The van der Waals surface area contributed by atoms with Crippen LogP contribution in [0.5, 0.6) is 0 Å². The van der Waals surface area contributed by atoms with E-state index in [1.165, 1.54) is 49.8 Å². The van der Waals surface area contributed by atoms with Crippen LogP contribution in [0.3, 0.4) is 0 Å². The zero-order valence-corrected chi connectivity index (χ0v) is 12.2. The molecule has 2 fully saturated rings. The van der Waals surface area contributed by atoms with Gasteiger partial charge in [0.1, 0.15) is 5.65 Å². The van der Waals surface area contributed by atoms with Crippen LogP contribution in [0.1, 0.15) is 49.8 Å². The molecule has 1 atom stereocenters. The molecule has 2 aromatic heterocycles. The van der Waals surface area contributed by atoms with Gasteiger partial charge in [-0.25, -0.2) is 4.98 Å². The summed E-state index contributed by atoms with van der Waals surface area (Å²) in [5, 5.41) is 3.77. The molecule has 4 rings (SSSR count). The average molecular weight is 269 g/mol. The Kier molecular flexibility index (Phi) is 2.84. The minimum absolute atomic E-state index is 0.661. The molecule has 0 amide bonds. The number of hydrogen-bond acceptors (Lipinski definition) is 2. The van der Waals surface area contributed by atoms with Gasteiger partial charge in [-0.05, 0) is 43.2 Å². The van der Waals surface area contributed by atoms with E-state index in [0.717, 1.165) is 18.2 Å². The van der Waals surface area contributed by atoms with Gasteiger partial charge in [-0.3, -0.25) is 0 Å². The van der Waals surface area contributed by atoms with Crippen LogP contribution < -0.4 is 5.32 Å². The molecule has 1 N–H and O–H groups in total. The second-order valence-electron chi connectivity index (χ2n) is 6.69. The second-order valence-corrected chi connectivity index (χ2v) is 6.69. The molecule has 1 unspecified atom stereocenters. The average Bonchev–Trinajstić information content (AvgIpc) is 2.95. The summed E-state index contributed by atoms with van der Waals surface area (Å²) in [5.74, 6) is 0. The summed E-state index contributed by atoms with van der Waals surface area (Å²) in [5.41, 5.74) is 4.28. The summed E-state index contributed by atoms with van der Waals surface area (Å²) in [6, 6.07) is 4.98. The Hall–Kier alpha value is -1.35. The summed E-state index contributed by atoms with van der Waals surface area (Å²) in [4.78, 5) is 4.54. The molecule has 3 heteroatoms. The monoisotopic (exact) mass is 269 g/mol. The van der Waals surface area contributed by atoms with Gasteiger partial charge in [-0.1, -0.05) is 25.3 Å². The van der Waals surface area contributed by atoms with Gasteiger partial charge in [0.25, 0.3) is 0 Å². The highest BCUT2D eigenvalue weighted by Gasteiger charge is 2.53. The molecule has 2 aliphatic rings. The number of hydrogen-bond donors (Lipinski definition) is 1. The predicted octanol–water partition coefficient (Wildman–Crippen LogP) is 3.46. The predicted molar refractivity (Wildman–Crippen MR) is 80.7 cm³/mol. The number of fused-ring (bicyclic) bond motifs is 1. The lowest BCUT2D eigenvalue weighted by Crippen LogP contribution is -2.24. The molecule has 0 saturated heterocycles. The zero-order chi connectivity index (χ0) is 13.6. The largest absolute Gasteiger partial charge is 0.308 e. The lowest BCUT2D eigenvalue weighted by Gasteiger charge is -2.22. The van der Waals surface area contributed by atoms with Crippen LogP contribution in [-0.4, -0.2) is 15.4 Å². The Balaban J connectivity index is 1.46. The number of aryl methyl sites for hydroxylation is 1. The van der Waals surface area contributed by atoms with Crippen LogP contribution >= 0.6 is 0 Å². The minimum atomic E-state index is 0.661. The van der Waals surface area contributed by atoms with Crippen LogP contribution in [0, 0.1) is 12.3 Å². The molecular weight excluding hydrogens is 246 g/mol. The van der Waals surface area contributed by atoms with Gasteiger partial charge in [0, 0.05) is 18.8 Å². The van der Waals surface area contributed by atoms with Gasteiger partial charge >= 0.3 is 0 Å². The third kappa shape index (κ3) is 1.96. The van der Waals surface area contributed by atoms with E-state index in [4.69, 9.17) is 0 Å². The molecule has 0 aliphatic heterocycles. The maximum atomic E-state index is 4.54. The van der Waals surface area contributed by atoms with Crippen molar-refractivity contribution in [2.75, 3.05) is 0 Å². The van der Waals surface area contributed by atoms with Crippen molar-refractivity contribution in [3.63, 3.8) is 0 Å². The van der Waals surface area contributed by atoms with Crippen molar-refractivity contribution in [1.82, 2.24) is 14.7 Å². The first-order valence-electron chi connectivity index (χ1n) is 7.93. The lowest BCUT2D eigenvalue weighted by molar-refractivity contribution is 0.312. The fourth-order valence-electron chi connectivity index (χ4n) is 4.01. The molecule has 3 nitrogen and oxygen atoms in total. The van der Waals surface area contributed by atoms with E-state index in [9.17, 15) is 0 Å². The lowest BCUT2D eigenvalue weighted by atomic mass is 9.86. The highest BCUT2D eigenvalue weighted by Crippen LogP contribution is 2.56. The fourth-order valence-corrected chi connectivity index (χ4v) is 4.01. The summed E-state index contributed by atoms with van der Waals surface area (Å²) >= 11 is 0. The number of imidazole rings is 1. The molecule has 2 saturated carbocycles. The fraction of sp³-hybridized carbons (Fsp3) is 0.588. The first kappa shape index (κ1) is 12.4. The number of nitrogens with one attached hydrogen (secondary N) is 1. The molecule has 2 aromatic rings. The maximum Gasteiger partial charge on any atom is 0.139 e. The molecule has 20 heavy (non-hydrogen) atoms. The molecule has 2 heterocycles. The van der Waals surface area contributed by atoms with Crippen LogP contribution in [0.4, 0.5) is 0 Å². The van der Waals surface area contributed by atoms with Crippen LogP contribution in [0.25, 0.3) is 5.65 Å². The third-order valence-corrected chi connectivity index (χ3v) is 5.38. The Bertz CT molecular complexity index is 622. The van der Waals surface area contributed by atoms with Gasteiger partial charge in [-0.2, -0.15) is 0 Å². The van der Waals surface area contributed by atoms with Crippen LogP contribution in [-0.2, 0) is 6.54 Å². The minimum Gasteiger partial charge on any atom is -0.308 e. The highest BCUT2D eigenvalue weighted by molar-refractivity contribution is 5.48. The first-order chi connectivity index (χ1) is 9.78. The van der Waals surface area contributed by atoms with Crippen molar-refractivity contribution < 1.29 is 0 Å². The van der Waals surface area contributed by atoms with E-state index >= 15 is 0 Å². The smallest absolute Gasteiger partial charge is 0.139 e. The topological polar surface area (TPSA) is 29.3 Å². The Morgan fingerprint density at radius 1 is 1.35 bits per heavy atom. The molecular formula is C17H23N3. The Morgan fingerprint density at radius 3 is 3.05 bits per heavy atom. The van der Waals surface area contributed by atoms with Crippen LogP contribution in [0.15, 0.2) is 24.5 Å². The molecule has 1 spiro atoms. The molecule has 0 bridgehead atoms. The van der Waals surface area contributed by atoms with E-state index in [2.05, 4.69) is 40.0 Å². The molecule has 0 radical (unpaired) electrons. The molecule has 2 aliphatic carbocycles. The summed E-state index contributed by atoms with van der Waals surface area (Å²) in [6.07, 6.45) is 12.7. The maximum absolute atomic E-state index is 4.54. The summed E-state index contributed by atoms with van der Waals surface area (Å²) < 4.78 is 2.22. The van der Waals surface area contributed by atoms with Crippen molar-refractivity contribution in [1.29, 1.82) is 0 Å². The SMILES string of the molecule is Cc1cccn2c(CNC3CC34CCCCC4)cnc12. The number of nitrogens with zero attached hydrogens (tertiary/aromatic N) is 2. The van der Waals surface area contributed by atoms with E-state index < -0.39 is 0 Å². The normalized spacial score (nSPS) is 24.4. The highest BCUT2D eigenvalue weighted by atomic mass is 15.1. The van der Waals surface area contributed by atoms with Crippen molar-refractivity contribution in [3.05, 3.63) is 35.8 Å². The summed E-state index contributed by atoms with van der Waals surface area (Å²) in [7, 11) is 0. The van der Waals surface area contributed by atoms with Crippen molar-refractivity contribution >= 4 is 5.65 Å². The van der Waals surface area contributed by atoms with Crippen molar-refractivity contribution in [2.24, 2.45) is 5.41 Å². The molecule has 106 valence electrons. The van der Waals surface area contributed by atoms with E-state index in [1.807, 2.05) is 6.20 Å². The number of rotatable bonds is 3. The second kappa shape index (κ2) is 4.59. The van der Waals surface area contributed by atoms with E-state index in [0.29, 0.717) is 5.41 Å². The van der Waals surface area contributed by atoms with Crippen LogP contribution in [0.2, 0.25) is 0 Å². The zero-order valence-electron chi connectivity index (χ0n) is 12.2. The number of aromatic nitrogens is 2. The van der Waals surface area contributed by atoms with Gasteiger partial charge in [0.15, 0.2) is 0 Å². The van der Waals surface area contributed by atoms with Crippen molar-refractivity contribution in [3.8, 4) is 0 Å². The van der Waals surface area contributed by atoms with Gasteiger partial charge in [0.2, 0.25) is 0 Å². The first-order valence-corrected chi connectivity index (χ1v) is 7.93. The van der Waals surface area contributed by atoms with Gasteiger partial charge < -0.3 is 9.72 Å². The quantitative estimate of drug-likeness (QED) is 0.924. The Labute approximate surface area is 120 Å². The summed E-state index contributed by atoms with van der Waals surface area (Å²) in [6.45, 7) is 3.06. The van der Waals surface area contributed by atoms with E-state index in [-0.39, 0.29) is 0 Å². The van der Waals surface area contributed by atoms with E-state index in [1.54, 1.807) is 0 Å². The molecule has 0 aromatic carbocycles.